The van der Waals surface area contributed by atoms with Crippen LogP contribution >= 0.6 is 7.82 Å². The monoisotopic (exact) mass is 409 g/mol. The molecule has 150 valence electrons. The van der Waals surface area contributed by atoms with Crippen LogP contribution in [-0.4, -0.2) is 45.1 Å². The van der Waals surface area contributed by atoms with Crippen molar-refractivity contribution in [3.63, 3.8) is 0 Å². The van der Waals surface area contributed by atoms with Gasteiger partial charge in [-0.2, -0.15) is 5.10 Å². The summed E-state index contributed by atoms with van der Waals surface area (Å²) < 4.78 is 36.9. The van der Waals surface area contributed by atoms with Gasteiger partial charge in [0.05, 0.1) is 18.4 Å². The number of phosphoric ester groups is 1. The van der Waals surface area contributed by atoms with Crippen molar-refractivity contribution in [3.8, 4) is 0 Å². The third-order valence-corrected chi connectivity index (χ3v) is 6.41. The summed E-state index contributed by atoms with van der Waals surface area (Å²) in [5.41, 5.74) is 15.0. The summed E-state index contributed by atoms with van der Waals surface area (Å²) in [6.07, 6.45) is -1.24. The van der Waals surface area contributed by atoms with Gasteiger partial charge in [-0.05, 0) is 38.4 Å². The van der Waals surface area contributed by atoms with E-state index in [1.165, 1.54) is 6.33 Å². The highest BCUT2D eigenvalue weighted by Crippen LogP contribution is 2.60. The van der Waals surface area contributed by atoms with Gasteiger partial charge >= 0.3 is 7.82 Å². The summed E-state index contributed by atoms with van der Waals surface area (Å²) in [6, 6.07) is 3.51. The second kappa shape index (κ2) is 6.70. The topological polar surface area (TPSA) is 159 Å². The van der Waals surface area contributed by atoms with Crippen LogP contribution in [0.3, 0.4) is 0 Å². The van der Waals surface area contributed by atoms with Crippen LogP contribution in [0.4, 0.5) is 5.82 Å². The van der Waals surface area contributed by atoms with E-state index in [2.05, 4.69) is 20.1 Å². The van der Waals surface area contributed by atoms with E-state index in [1.807, 2.05) is 0 Å². The number of rotatable bonds is 4. The number of nitrogen functional groups attached to an aromatic ring is 1. The third-order valence-electron chi connectivity index (χ3n) is 4.77. The number of azide groups is 1. The molecule has 0 radical (unpaired) electrons. The molecule has 0 aliphatic carbocycles. The molecule has 2 aliphatic heterocycles. The van der Waals surface area contributed by atoms with E-state index >= 15 is 0 Å². The first-order chi connectivity index (χ1) is 13.3. The SMILES string of the molecule is CC(C)OP1(=O)OC[C@H]2O[C@@H](c3ccc4c(N)ncnn34)[C@](C)(N=[N+]=[N-])[C@@H]2O1. The van der Waals surface area contributed by atoms with Gasteiger partial charge < -0.3 is 10.5 Å². The summed E-state index contributed by atoms with van der Waals surface area (Å²) in [5, 5.41) is 8.18. The molecule has 2 saturated heterocycles. The molecule has 2 N–H and O–H groups in total. The molecule has 12 nitrogen and oxygen atoms in total. The van der Waals surface area contributed by atoms with Crippen molar-refractivity contribution in [1.82, 2.24) is 14.6 Å². The molecule has 1 unspecified atom stereocenters. The minimum Gasteiger partial charge on any atom is -0.382 e. The Morgan fingerprint density at radius 1 is 1.54 bits per heavy atom. The van der Waals surface area contributed by atoms with Gasteiger partial charge in [-0.25, -0.2) is 14.1 Å². The molecule has 5 atom stereocenters. The number of nitrogens with two attached hydrogens (primary N) is 1. The van der Waals surface area contributed by atoms with Crippen molar-refractivity contribution < 1.29 is 22.9 Å². The minimum absolute atomic E-state index is 0.0257. The molecule has 4 heterocycles. The van der Waals surface area contributed by atoms with Crippen LogP contribution in [0.5, 0.6) is 0 Å². The van der Waals surface area contributed by atoms with Crippen molar-refractivity contribution in [3.05, 3.63) is 34.6 Å². The molecule has 0 spiro atoms. The molecule has 2 fully saturated rings. The smallest absolute Gasteiger partial charge is 0.382 e. The van der Waals surface area contributed by atoms with Gasteiger partial charge in [-0.3, -0.25) is 13.6 Å². The second-order valence-corrected chi connectivity index (χ2v) is 8.67. The van der Waals surface area contributed by atoms with Crippen molar-refractivity contribution in [2.75, 3.05) is 12.3 Å². The van der Waals surface area contributed by atoms with E-state index in [0.717, 1.165) is 0 Å². The number of hydrogen-bond acceptors (Lipinski definition) is 9. The first-order valence-electron chi connectivity index (χ1n) is 8.68. The number of aromatic nitrogens is 3. The first kappa shape index (κ1) is 19.1. The van der Waals surface area contributed by atoms with Gasteiger partial charge in [0.1, 0.15) is 35.7 Å². The first-order valence-corrected chi connectivity index (χ1v) is 10.1. The highest BCUT2D eigenvalue weighted by Gasteiger charge is 2.60. The zero-order valence-electron chi connectivity index (χ0n) is 15.5. The van der Waals surface area contributed by atoms with E-state index in [0.29, 0.717) is 17.0 Å². The van der Waals surface area contributed by atoms with Crippen LogP contribution in [0.15, 0.2) is 23.6 Å². The number of anilines is 1. The molecule has 2 aromatic heterocycles. The summed E-state index contributed by atoms with van der Waals surface area (Å²) in [6.45, 7) is 5.09. The second-order valence-electron chi connectivity index (χ2n) is 7.09. The van der Waals surface area contributed by atoms with Gasteiger partial charge in [0, 0.05) is 4.91 Å². The lowest BCUT2D eigenvalue weighted by Gasteiger charge is -2.35. The van der Waals surface area contributed by atoms with E-state index < -0.39 is 31.7 Å². The predicted octanol–water partition coefficient (Wildman–Crippen LogP) is 2.77. The maximum Gasteiger partial charge on any atom is 0.475 e. The lowest BCUT2D eigenvalue weighted by Crippen LogP contribution is -2.45. The Balaban J connectivity index is 1.76. The molecule has 4 rings (SSSR count). The average Bonchev–Trinajstić information content (AvgIpc) is 3.15. The van der Waals surface area contributed by atoms with Crippen LogP contribution in [0.2, 0.25) is 0 Å². The molecule has 0 aromatic carbocycles. The Labute approximate surface area is 160 Å². The zero-order valence-corrected chi connectivity index (χ0v) is 16.4. The van der Waals surface area contributed by atoms with E-state index in [4.69, 9.17) is 24.0 Å². The van der Waals surface area contributed by atoms with E-state index in [1.54, 1.807) is 37.4 Å². The summed E-state index contributed by atoms with van der Waals surface area (Å²) >= 11 is 0. The Morgan fingerprint density at radius 2 is 2.32 bits per heavy atom. The maximum absolute atomic E-state index is 12.8. The normalized spacial score (nSPS) is 35.1. The third kappa shape index (κ3) is 2.95. The zero-order chi connectivity index (χ0) is 20.1. The fourth-order valence-electron chi connectivity index (χ4n) is 3.60. The van der Waals surface area contributed by atoms with Crippen LogP contribution in [0.1, 0.15) is 32.6 Å². The highest BCUT2D eigenvalue weighted by molar-refractivity contribution is 7.48. The minimum atomic E-state index is -3.82. The van der Waals surface area contributed by atoms with E-state index in [9.17, 15) is 10.1 Å². The number of ether oxygens (including phenoxy) is 1. The summed E-state index contributed by atoms with van der Waals surface area (Å²) in [5.74, 6) is 0.302. The molecule has 13 heteroatoms. The molecule has 2 aromatic rings. The Hall–Kier alpha value is -2.20. The molecule has 2 aliphatic rings. The fourth-order valence-corrected chi connectivity index (χ4v) is 5.25. The Morgan fingerprint density at radius 3 is 3.04 bits per heavy atom. The Kier molecular flexibility index (Phi) is 4.58. The summed E-state index contributed by atoms with van der Waals surface area (Å²) in [4.78, 5) is 6.94. The maximum atomic E-state index is 12.8. The molecule has 28 heavy (non-hydrogen) atoms. The van der Waals surface area contributed by atoms with Crippen LogP contribution in [0, 0.1) is 0 Å². The number of hydrogen-bond donors (Lipinski definition) is 1. The lowest BCUT2D eigenvalue weighted by atomic mass is 9.88. The highest BCUT2D eigenvalue weighted by atomic mass is 31.2. The van der Waals surface area contributed by atoms with Crippen molar-refractivity contribution in [2.24, 2.45) is 5.11 Å². The van der Waals surface area contributed by atoms with Crippen molar-refractivity contribution in [1.29, 1.82) is 0 Å². The largest absolute Gasteiger partial charge is 0.475 e. The quantitative estimate of drug-likeness (QED) is 0.349. The lowest BCUT2D eigenvalue weighted by molar-refractivity contribution is -0.0636. The van der Waals surface area contributed by atoms with Gasteiger partial charge in [0.2, 0.25) is 0 Å². The van der Waals surface area contributed by atoms with Gasteiger partial charge in [-0.1, -0.05) is 5.11 Å². The molecule has 0 bridgehead atoms. The van der Waals surface area contributed by atoms with Crippen LogP contribution in [0.25, 0.3) is 16.0 Å². The molecular weight excluding hydrogens is 389 g/mol. The predicted molar refractivity (Wildman–Crippen MR) is 97.2 cm³/mol. The van der Waals surface area contributed by atoms with Crippen LogP contribution < -0.4 is 5.73 Å². The van der Waals surface area contributed by atoms with Crippen LogP contribution in [-0.2, 0) is 22.9 Å². The van der Waals surface area contributed by atoms with E-state index in [-0.39, 0.29) is 12.7 Å². The van der Waals surface area contributed by atoms with Crippen molar-refractivity contribution >= 4 is 19.2 Å². The standard InChI is InChI=1S/C15H20N7O5P/c1-8(2)26-28(23)24-6-11-13(27-28)15(3,20-21-17)12(25-11)9-4-5-10-14(16)18-7-19-22(9)10/h4-5,7-8,11-13H,6H2,1-3H3,(H2,16,18,19)/t11-,12+,13-,15+,28?/m1/s1. The number of nitrogens with zero attached hydrogens (tertiary/aromatic N) is 6. The van der Waals surface area contributed by atoms with Crippen molar-refractivity contribution in [2.45, 2.75) is 50.7 Å². The average molecular weight is 409 g/mol. The summed E-state index contributed by atoms with van der Waals surface area (Å²) in [7, 11) is -3.82. The Bertz CT molecular complexity index is 1010. The van der Waals surface area contributed by atoms with Gasteiger partial charge in [-0.15, -0.1) is 0 Å². The van der Waals surface area contributed by atoms with Gasteiger partial charge in [0.15, 0.2) is 5.82 Å². The molecule has 0 saturated carbocycles. The number of phosphoric acid groups is 1. The molecule has 0 amide bonds. The van der Waals surface area contributed by atoms with Gasteiger partial charge in [0.25, 0.3) is 0 Å². The number of fused-ring (bicyclic) bond motifs is 2. The molecular formula is C15H20N7O5P. The fraction of sp³-hybridized carbons (Fsp3) is 0.600.